The first kappa shape index (κ1) is 10.6. The predicted molar refractivity (Wildman–Crippen MR) is 59.3 cm³/mol. The second-order valence-electron chi connectivity index (χ2n) is 4.04. The molecule has 0 saturated carbocycles. The summed E-state index contributed by atoms with van der Waals surface area (Å²) in [5.74, 6) is 0.861. The summed E-state index contributed by atoms with van der Waals surface area (Å²) in [6.45, 7) is 3.90. The van der Waals surface area contributed by atoms with Crippen molar-refractivity contribution in [3.8, 4) is 0 Å². The maximum atomic E-state index is 5.68. The standard InChI is InChI=1S/C10H14ClN3O/c1-10(15-2)5-6-14(7-10)9-4-3-8(11)12-13-9/h3-4H,5-7H2,1-2H3. The molecule has 2 heterocycles. The van der Waals surface area contributed by atoms with Gasteiger partial charge in [-0.2, -0.15) is 0 Å². The van der Waals surface area contributed by atoms with E-state index in [4.69, 9.17) is 16.3 Å². The van der Waals surface area contributed by atoms with Gasteiger partial charge in [0.1, 0.15) is 0 Å². The average Bonchev–Trinajstić information content (AvgIpc) is 2.63. The fraction of sp³-hybridized carbons (Fsp3) is 0.600. The SMILES string of the molecule is COC1(C)CCN(c2ccc(Cl)nn2)C1. The third kappa shape index (κ3) is 2.21. The molecule has 1 unspecified atom stereocenters. The summed E-state index contributed by atoms with van der Waals surface area (Å²) in [5.41, 5.74) is -0.0681. The molecule has 5 heteroatoms. The number of hydrogen-bond donors (Lipinski definition) is 0. The fourth-order valence-electron chi connectivity index (χ4n) is 1.77. The minimum Gasteiger partial charge on any atom is -0.377 e. The molecule has 1 atom stereocenters. The van der Waals surface area contributed by atoms with Crippen molar-refractivity contribution >= 4 is 17.4 Å². The average molecular weight is 228 g/mol. The zero-order valence-electron chi connectivity index (χ0n) is 8.90. The molecule has 1 fully saturated rings. The van der Waals surface area contributed by atoms with Crippen molar-refractivity contribution in [2.75, 3.05) is 25.1 Å². The van der Waals surface area contributed by atoms with Crippen LogP contribution in [-0.4, -0.2) is 36.0 Å². The number of methoxy groups -OCH3 is 1. The lowest BCUT2D eigenvalue weighted by Gasteiger charge is -2.23. The van der Waals surface area contributed by atoms with Crippen molar-refractivity contribution in [2.24, 2.45) is 0 Å². The molecule has 0 amide bonds. The number of halogens is 1. The van der Waals surface area contributed by atoms with Crippen LogP contribution in [-0.2, 0) is 4.74 Å². The third-order valence-corrected chi connectivity index (χ3v) is 3.07. The molecule has 0 aromatic carbocycles. The second kappa shape index (κ2) is 3.94. The summed E-state index contributed by atoms with van der Waals surface area (Å²) in [6.07, 6.45) is 1.01. The summed E-state index contributed by atoms with van der Waals surface area (Å²) in [4.78, 5) is 2.16. The highest BCUT2D eigenvalue weighted by Crippen LogP contribution is 2.27. The molecular formula is C10H14ClN3O. The van der Waals surface area contributed by atoms with Crippen LogP contribution in [0.4, 0.5) is 5.82 Å². The predicted octanol–water partition coefficient (Wildman–Crippen LogP) is 1.75. The largest absolute Gasteiger partial charge is 0.377 e. The molecule has 0 N–H and O–H groups in total. The molecular weight excluding hydrogens is 214 g/mol. The highest BCUT2D eigenvalue weighted by atomic mass is 35.5. The minimum absolute atomic E-state index is 0.0681. The highest BCUT2D eigenvalue weighted by molar-refractivity contribution is 6.29. The number of ether oxygens (including phenoxy) is 1. The van der Waals surface area contributed by atoms with Crippen molar-refractivity contribution in [2.45, 2.75) is 18.9 Å². The van der Waals surface area contributed by atoms with E-state index in [-0.39, 0.29) is 5.60 Å². The van der Waals surface area contributed by atoms with Gasteiger partial charge in [0, 0.05) is 20.2 Å². The lowest BCUT2D eigenvalue weighted by Crippen LogP contribution is -2.32. The van der Waals surface area contributed by atoms with Crippen LogP contribution < -0.4 is 4.90 Å². The molecule has 1 saturated heterocycles. The van der Waals surface area contributed by atoms with Gasteiger partial charge in [0.05, 0.1) is 5.60 Å². The van der Waals surface area contributed by atoms with Crippen LogP contribution in [0.5, 0.6) is 0 Å². The van der Waals surface area contributed by atoms with Gasteiger partial charge < -0.3 is 9.64 Å². The Bertz CT molecular complexity index is 343. The first-order chi connectivity index (χ1) is 7.13. The molecule has 15 heavy (non-hydrogen) atoms. The third-order valence-electron chi connectivity index (χ3n) is 2.87. The van der Waals surface area contributed by atoms with Gasteiger partial charge >= 0.3 is 0 Å². The zero-order chi connectivity index (χ0) is 10.9. The molecule has 0 bridgehead atoms. The number of nitrogens with zero attached hydrogens (tertiary/aromatic N) is 3. The summed E-state index contributed by atoms with van der Waals surface area (Å²) in [6, 6.07) is 3.64. The summed E-state index contributed by atoms with van der Waals surface area (Å²) >= 11 is 5.68. The van der Waals surface area contributed by atoms with Gasteiger partial charge in [0.15, 0.2) is 11.0 Å². The quantitative estimate of drug-likeness (QED) is 0.772. The summed E-state index contributed by atoms with van der Waals surface area (Å²) < 4.78 is 5.46. The Labute approximate surface area is 94.2 Å². The summed E-state index contributed by atoms with van der Waals surface area (Å²) in [5, 5.41) is 8.30. The van der Waals surface area contributed by atoms with Crippen LogP contribution >= 0.6 is 11.6 Å². The Kier molecular flexibility index (Phi) is 2.80. The van der Waals surface area contributed by atoms with E-state index in [1.165, 1.54) is 0 Å². The Morgan fingerprint density at radius 3 is 2.80 bits per heavy atom. The smallest absolute Gasteiger partial charge is 0.151 e. The van der Waals surface area contributed by atoms with Gasteiger partial charge in [-0.05, 0) is 25.5 Å². The van der Waals surface area contributed by atoms with E-state index in [0.29, 0.717) is 5.15 Å². The number of aromatic nitrogens is 2. The zero-order valence-corrected chi connectivity index (χ0v) is 9.66. The van der Waals surface area contributed by atoms with Gasteiger partial charge in [0.2, 0.25) is 0 Å². The van der Waals surface area contributed by atoms with Crippen molar-refractivity contribution in [3.05, 3.63) is 17.3 Å². The number of rotatable bonds is 2. The van der Waals surface area contributed by atoms with Crippen LogP contribution in [0.3, 0.4) is 0 Å². The van der Waals surface area contributed by atoms with Gasteiger partial charge in [-0.25, -0.2) is 0 Å². The van der Waals surface area contributed by atoms with E-state index in [9.17, 15) is 0 Å². The topological polar surface area (TPSA) is 38.2 Å². The lowest BCUT2D eigenvalue weighted by atomic mass is 10.1. The highest BCUT2D eigenvalue weighted by Gasteiger charge is 2.34. The minimum atomic E-state index is -0.0681. The summed E-state index contributed by atoms with van der Waals surface area (Å²) in [7, 11) is 1.75. The molecule has 1 aromatic heterocycles. The second-order valence-corrected chi connectivity index (χ2v) is 4.43. The number of anilines is 1. The molecule has 2 rings (SSSR count). The van der Waals surface area contributed by atoms with Crippen molar-refractivity contribution in [1.82, 2.24) is 10.2 Å². The molecule has 4 nitrogen and oxygen atoms in total. The maximum absolute atomic E-state index is 5.68. The van der Waals surface area contributed by atoms with Crippen molar-refractivity contribution < 1.29 is 4.74 Å². The van der Waals surface area contributed by atoms with Crippen LogP contribution in [0.15, 0.2) is 12.1 Å². The van der Waals surface area contributed by atoms with Crippen LogP contribution in [0.25, 0.3) is 0 Å². The maximum Gasteiger partial charge on any atom is 0.151 e. The molecule has 1 aliphatic rings. The van der Waals surface area contributed by atoms with Gasteiger partial charge in [0.25, 0.3) is 0 Å². The van der Waals surface area contributed by atoms with Crippen LogP contribution in [0, 0.1) is 0 Å². The van der Waals surface area contributed by atoms with E-state index >= 15 is 0 Å². The van der Waals surface area contributed by atoms with Crippen molar-refractivity contribution in [3.63, 3.8) is 0 Å². The molecule has 82 valence electrons. The Hall–Kier alpha value is -0.870. The first-order valence-electron chi connectivity index (χ1n) is 4.92. The molecule has 1 aliphatic heterocycles. The Morgan fingerprint density at radius 2 is 2.27 bits per heavy atom. The normalized spacial score (nSPS) is 25.9. The number of hydrogen-bond acceptors (Lipinski definition) is 4. The van der Waals surface area contributed by atoms with Crippen molar-refractivity contribution in [1.29, 1.82) is 0 Å². The van der Waals surface area contributed by atoms with Crippen LogP contribution in [0.1, 0.15) is 13.3 Å². The monoisotopic (exact) mass is 227 g/mol. The van der Waals surface area contributed by atoms with E-state index < -0.39 is 0 Å². The molecule has 0 spiro atoms. The van der Waals surface area contributed by atoms with E-state index in [1.54, 1.807) is 13.2 Å². The van der Waals surface area contributed by atoms with E-state index in [2.05, 4.69) is 22.0 Å². The Morgan fingerprint density at radius 1 is 1.47 bits per heavy atom. The van der Waals surface area contributed by atoms with E-state index in [1.807, 2.05) is 6.07 Å². The van der Waals surface area contributed by atoms with Gasteiger partial charge in [-0.1, -0.05) is 11.6 Å². The lowest BCUT2D eigenvalue weighted by molar-refractivity contribution is 0.0256. The van der Waals surface area contributed by atoms with Gasteiger partial charge in [-0.3, -0.25) is 0 Å². The Balaban J connectivity index is 2.11. The first-order valence-corrected chi connectivity index (χ1v) is 5.30. The van der Waals surface area contributed by atoms with E-state index in [0.717, 1.165) is 25.3 Å². The fourth-order valence-corrected chi connectivity index (χ4v) is 1.87. The molecule has 1 aromatic rings. The molecule has 0 aliphatic carbocycles. The molecule has 0 radical (unpaired) electrons. The van der Waals surface area contributed by atoms with Crippen LogP contribution in [0.2, 0.25) is 5.15 Å². The van der Waals surface area contributed by atoms with Gasteiger partial charge in [-0.15, -0.1) is 10.2 Å².